The van der Waals surface area contributed by atoms with Gasteiger partial charge in [-0.05, 0) is 48.7 Å². The number of likely N-dealkylation sites (N-methyl/N-ethyl adjacent to an activating group) is 1. The highest BCUT2D eigenvalue weighted by molar-refractivity contribution is 5.96. The molecule has 0 aliphatic carbocycles. The molecule has 0 saturated carbocycles. The van der Waals surface area contributed by atoms with E-state index in [9.17, 15) is 28.8 Å². The maximum atomic E-state index is 14.2. The summed E-state index contributed by atoms with van der Waals surface area (Å²) >= 11 is 0. The van der Waals surface area contributed by atoms with Crippen molar-refractivity contribution in [3.8, 4) is 28.7 Å². The summed E-state index contributed by atoms with van der Waals surface area (Å²) in [6, 6.07) is 8.33. The number of nitriles is 1. The quantitative estimate of drug-likeness (QED) is 0.0661. The summed E-state index contributed by atoms with van der Waals surface area (Å²) in [5.41, 5.74) is 13.5. The Morgan fingerprint density at radius 1 is 0.831 bits per heavy atom. The molecule has 1 aliphatic heterocycles. The van der Waals surface area contributed by atoms with Crippen LogP contribution in [0.5, 0.6) is 11.5 Å². The Balaban J connectivity index is 1.90. The minimum absolute atomic E-state index is 0.0159. The normalized spacial score (nSPS) is 16.3. The fourth-order valence-electron chi connectivity index (χ4n) is 6.49. The third-order valence-corrected chi connectivity index (χ3v) is 9.72. The number of hydrogen-bond acceptors (Lipinski definition) is 11. The number of fused-ring (bicyclic) bond motifs is 5. The Hall–Kier alpha value is -5.73. The summed E-state index contributed by atoms with van der Waals surface area (Å²) in [7, 11) is 1.40. The lowest BCUT2D eigenvalue weighted by atomic mass is 9.93. The summed E-state index contributed by atoms with van der Waals surface area (Å²) in [4.78, 5) is 80.8. The van der Waals surface area contributed by atoms with Crippen molar-refractivity contribution in [1.29, 1.82) is 5.26 Å². The van der Waals surface area contributed by atoms with Crippen LogP contribution in [0.3, 0.4) is 0 Å². The van der Waals surface area contributed by atoms with Gasteiger partial charge in [0.1, 0.15) is 49.4 Å². The number of unbranched alkanes of at least 4 members (excludes halogenated alkanes) is 6. The second kappa shape index (κ2) is 25.6. The summed E-state index contributed by atoms with van der Waals surface area (Å²) in [6.07, 6.45) is 7.68. The van der Waals surface area contributed by atoms with Gasteiger partial charge in [-0.1, -0.05) is 57.6 Å². The van der Waals surface area contributed by atoms with Crippen molar-refractivity contribution >= 4 is 35.4 Å². The molecule has 2 aromatic carbocycles. The van der Waals surface area contributed by atoms with Crippen molar-refractivity contribution in [3.63, 3.8) is 0 Å². The van der Waals surface area contributed by atoms with Gasteiger partial charge in [-0.25, -0.2) is 0 Å². The molecule has 322 valence electrons. The highest BCUT2D eigenvalue weighted by atomic mass is 16.5. The monoisotopic (exact) mass is 819 g/mol. The minimum Gasteiger partial charge on any atom is -0.492 e. The van der Waals surface area contributed by atoms with Gasteiger partial charge in [0.05, 0.1) is 12.6 Å². The van der Waals surface area contributed by atoms with E-state index in [4.69, 9.17) is 26.2 Å². The summed E-state index contributed by atoms with van der Waals surface area (Å²) in [5.74, 6) is -2.64. The topological polar surface area (TPSA) is 260 Å². The van der Waals surface area contributed by atoms with E-state index in [2.05, 4.69) is 33.5 Å². The number of benzene rings is 2. The fourth-order valence-corrected chi connectivity index (χ4v) is 6.49. The fraction of sp³-hybridized carbons (Fsp3) is 0.548. The van der Waals surface area contributed by atoms with Crippen LogP contribution >= 0.6 is 0 Å². The number of ether oxygens (including phenoxy) is 2. The van der Waals surface area contributed by atoms with Gasteiger partial charge >= 0.3 is 0 Å². The third-order valence-electron chi connectivity index (χ3n) is 9.72. The number of nitrogens with one attached hydrogen (secondary N) is 5. The Labute approximate surface area is 346 Å². The van der Waals surface area contributed by atoms with Gasteiger partial charge in [0.2, 0.25) is 35.4 Å². The van der Waals surface area contributed by atoms with Crippen LogP contribution in [0.2, 0.25) is 0 Å². The Morgan fingerprint density at radius 2 is 1.44 bits per heavy atom. The first-order valence-corrected chi connectivity index (χ1v) is 20.4. The van der Waals surface area contributed by atoms with Crippen LogP contribution in [0.1, 0.15) is 88.8 Å². The molecule has 3 rings (SSSR count). The molecule has 0 fully saturated rings. The van der Waals surface area contributed by atoms with E-state index in [0.29, 0.717) is 40.3 Å². The molecule has 9 N–H and O–H groups in total. The van der Waals surface area contributed by atoms with E-state index in [0.717, 1.165) is 24.2 Å². The molecule has 1 aliphatic rings. The lowest BCUT2D eigenvalue weighted by Gasteiger charge is -2.30. The highest BCUT2D eigenvalue weighted by Crippen LogP contribution is 2.40. The van der Waals surface area contributed by atoms with Gasteiger partial charge in [0.15, 0.2) is 0 Å². The van der Waals surface area contributed by atoms with Gasteiger partial charge in [-0.2, -0.15) is 5.26 Å². The van der Waals surface area contributed by atoms with Crippen molar-refractivity contribution in [2.45, 2.75) is 96.2 Å². The second-order valence-corrected chi connectivity index (χ2v) is 14.4. The number of nitrogens with two attached hydrogens (primary N) is 2. The van der Waals surface area contributed by atoms with Crippen LogP contribution in [0, 0.1) is 11.3 Å². The molecule has 3 atom stereocenters. The molecular weight excluding hydrogens is 759 g/mol. The van der Waals surface area contributed by atoms with E-state index >= 15 is 0 Å². The number of hydrogen-bond donors (Lipinski definition) is 7. The maximum absolute atomic E-state index is 14.2. The largest absolute Gasteiger partial charge is 0.492 e. The van der Waals surface area contributed by atoms with Gasteiger partial charge in [-0.15, -0.1) is 0 Å². The standard InChI is InChI=1S/C42H61N9O8/c1-4-5-6-7-8-9-10-20-46-36(52)15-16-37(53)48-27-38(54)51(3)39-30-12-14-35(59-23-19-45)32(26-30)31-24-29(11-13-34(31)58-22-18-44)25-33(41(56)47-21-17-43)50-40(55)28(2)49-42(39)57/h11-14,24,26,28,33,39H,4-10,15-16,18-23,25,27,44-45H2,1-3H3,(H,46,52)(H,47,56)(H,48,53)(H,49,57)(H,50,55)/t28-,33?,39?/m0/s1. The molecule has 6 amide bonds. The van der Waals surface area contributed by atoms with Crippen molar-refractivity contribution < 1.29 is 38.2 Å². The highest BCUT2D eigenvalue weighted by Gasteiger charge is 2.33. The first-order chi connectivity index (χ1) is 28.4. The molecule has 0 spiro atoms. The van der Waals surface area contributed by atoms with Crippen molar-refractivity contribution in [3.05, 3.63) is 47.5 Å². The first-order valence-electron chi connectivity index (χ1n) is 20.4. The van der Waals surface area contributed by atoms with Crippen LogP contribution in [0.15, 0.2) is 36.4 Å². The summed E-state index contributed by atoms with van der Waals surface area (Å²) in [5, 5.41) is 22.3. The number of carbonyl (C=O) groups excluding carboxylic acids is 6. The van der Waals surface area contributed by atoms with E-state index < -0.39 is 54.2 Å². The second-order valence-electron chi connectivity index (χ2n) is 14.4. The Bertz CT molecular complexity index is 1780. The van der Waals surface area contributed by atoms with E-state index in [1.807, 2.05) is 6.07 Å². The zero-order chi connectivity index (χ0) is 43.2. The average molecular weight is 820 g/mol. The van der Waals surface area contributed by atoms with Gasteiger partial charge in [-0.3, -0.25) is 28.8 Å². The molecule has 59 heavy (non-hydrogen) atoms. The zero-order valence-corrected chi connectivity index (χ0v) is 34.5. The predicted molar refractivity (Wildman–Crippen MR) is 222 cm³/mol. The van der Waals surface area contributed by atoms with E-state index in [-0.39, 0.29) is 58.0 Å². The predicted octanol–water partition coefficient (Wildman–Crippen LogP) is 1.48. The molecule has 17 heteroatoms. The lowest BCUT2D eigenvalue weighted by Crippen LogP contribution is -2.55. The number of nitrogens with zero attached hydrogens (tertiary/aromatic N) is 2. The van der Waals surface area contributed by atoms with E-state index in [1.165, 1.54) is 39.7 Å². The molecule has 2 unspecified atom stereocenters. The third kappa shape index (κ3) is 15.5. The number of carbonyl (C=O) groups is 6. The molecule has 0 saturated heterocycles. The Kier molecular flexibility index (Phi) is 20.7. The minimum atomic E-state index is -1.33. The molecular formula is C42H61N9O8. The zero-order valence-electron chi connectivity index (χ0n) is 34.5. The van der Waals surface area contributed by atoms with Gasteiger partial charge in [0, 0.05) is 57.1 Å². The first kappa shape index (κ1) is 47.6. The van der Waals surface area contributed by atoms with Crippen LogP contribution < -0.4 is 47.5 Å². The van der Waals surface area contributed by atoms with Gasteiger partial charge < -0.3 is 52.4 Å². The number of amides is 6. The van der Waals surface area contributed by atoms with E-state index in [1.54, 1.807) is 36.4 Å². The van der Waals surface area contributed by atoms with Crippen molar-refractivity contribution in [1.82, 2.24) is 31.5 Å². The van der Waals surface area contributed by atoms with Crippen LogP contribution in [-0.2, 0) is 35.2 Å². The smallest absolute Gasteiger partial charge is 0.248 e. The van der Waals surface area contributed by atoms with Crippen LogP contribution in [0.4, 0.5) is 0 Å². The Morgan fingerprint density at radius 3 is 2.08 bits per heavy atom. The molecule has 4 bridgehead atoms. The maximum Gasteiger partial charge on any atom is 0.248 e. The number of rotatable bonds is 22. The van der Waals surface area contributed by atoms with Crippen LogP contribution in [0.25, 0.3) is 11.1 Å². The molecule has 0 aromatic heterocycles. The molecule has 17 nitrogen and oxygen atoms in total. The van der Waals surface area contributed by atoms with Gasteiger partial charge in [0.25, 0.3) is 0 Å². The average Bonchev–Trinajstić information content (AvgIpc) is 3.23. The molecule has 1 heterocycles. The van der Waals surface area contributed by atoms with Crippen molar-refractivity contribution in [2.75, 3.05) is 53.0 Å². The molecule has 2 aromatic rings. The van der Waals surface area contributed by atoms with Crippen molar-refractivity contribution in [2.24, 2.45) is 11.5 Å². The molecule has 0 radical (unpaired) electrons. The summed E-state index contributed by atoms with van der Waals surface area (Å²) < 4.78 is 12.1. The lowest BCUT2D eigenvalue weighted by molar-refractivity contribution is -0.140. The summed E-state index contributed by atoms with van der Waals surface area (Å²) in [6.45, 7) is 4.10. The SMILES string of the molecule is CCCCCCCCCNC(=O)CCC(=O)NCC(=O)N(C)C1C(=O)N[C@@H](C)C(=O)NC(C(=O)NCC#N)Cc2ccc(OCCN)c(c2)-c2cc1ccc2OCCN. The van der Waals surface area contributed by atoms with Crippen LogP contribution in [-0.4, -0.2) is 105 Å².